The third kappa shape index (κ3) is 4.63. The Bertz CT molecular complexity index is 2890. The molecule has 0 atom stereocenters. The van der Waals surface area contributed by atoms with E-state index in [1.165, 1.54) is 0 Å². The summed E-state index contributed by atoms with van der Waals surface area (Å²) in [6.07, 6.45) is 7.61. The summed E-state index contributed by atoms with van der Waals surface area (Å²) in [5.74, 6) is 0. The number of aromatic nitrogens is 4. The zero-order valence-corrected chi connectivity index (χ0v) is 26.2. The van der Waals surface area contributed by atoms with E-state index in [0.29, 0.717) is 0 Å². The number of hydrogen-bond donors (Lipinski definition) is 0. The zero-order chi connectivity index (χ0) is 32.3. The SMILES string of the molecule is c1ccc2ncc(-c3cc(-c4ccc(-c5cnc6c(ccc7cccnc76)c5)cn4)cc(-c4cccc5c4oc4ccccc45)c3)cc2c1. The van der Waals surface area contributed by atoms with Crippen LogP contribution in [0.4, 0.5) is 0 Å². The normalized spacial score (nSPS) is 11.7. The van der Waals surface area contributed by atoms with E-state index in [4.69, 9.17) is 19.4 Å². The molecule has 0 amide bonds. The zero-order valence-electron chi connectivity index (χ0n) is 26.2. The van der Waals surface area contributed by atoms with Crippen LogP contribution in [0, 0.1) is 0 Å². The summed E-state index contributed by atoms with van der Waals surface area (Å²) < 4.78 is 6.47. The molecule has 10 rings (SSSR count). The Balaban J connectivity index is 1.11. The van der Waals surface area contributed by atoms with Crippen LogP contribution in [0.15, 0.2) is 163 Å². The highest BCUT2D eigenvalue weighted by Crippen LogP contribution is 2.39. The Labute approximate surface area is 281 Å². The van der Waals surface area contributed by atoms with E-state index < -0.39 is 0 Å². The summed E-state index contributed by atoms with van der Waals surface area (Å²) in [7, 11) is 0. The van der Waals surface area contributed by atoms with Gasteiger partial charge in [-0.25, -0.2) is 0 Å². The number of para-hydroxylation sites is 3. The van der Waals surface area contributed by atoms with Gasteiger partial charge >= 0.3 is 0 Å². The molecule has 0 spiro atoms. The van der Waals surface area contributed by atoms with Crippen LogP contribution in [0.5, 0.6) is 0 Å². The lowest BCUT2D eigenvalue weighted by Crippen LogP contribution is -1.91. The van der Waals surface area contributed by atoms with E-state index in [1.54, 1.807) is 0 Å². The molecular formula is C44H26N4O. The van der Waals surface area contributed by atoms with Crippen LogP contribution in [0.2, 0.25) is 0 Å². The fraction of sp³-hybridized carbons (Fsp3) is 0. The standard InChI is InChI=1S/C44H26N4O/c1-3-12-39-28(7-1)19-35(25-47-39)31-21-32(36-10-5-11-38-37-9-2-4-13-41(37)49-44(36)38)23-33(22-31)40-17-16-30(24-46-40)34-20-29-15-14-27-8-6-18-45-42(27)43(29)48-26-34/h1-26H. The summed E-state index contributed by atoms with van der Waals surface area (Å²) in [4.78, 5) is 19.2. The molecule has 5 heterocycles. The van der Waals surface area contributed by atoms with E-state index >= 15 is 0 Å². The minimum atomic E-state index is 0.874. The van der Waals surface area contributed by atoms with Crippen LogP contribution in [-0.2, 0) is 0 Å². The fourth-order valence-electron chi connectivity index (χ4n) is 6.93. The first-order valence-corrected chi connectivity index (χ1v) is 16.3. The van der Waals surface area contributed by atoms with Gasteiger partial charge in [-0.05, 0) is 65.7 Å². The molecule has 0 aliphatic heterocycles. The predicted molar refractivity (Wildman–Crippen MR) is 199 cm³/mol. The van der Waals surface area contributed by atoms with Gasteiger partial charge in [0, 0.05) is 79.5 Å². The minimum Gasteiger partial charge on any atom is -0.455 e. The van der Waals surface area contributed by atoms with Crippen molar-refractivity contribution >= 4 is 54.6 Å². The largest absolute Gasteiger partial charge is 0.455 e. The number of nitrogens with zero attached hydrogens (tertiary/aromatic N) is 4. The van der Waals surface area contributed by atoms with Crippen molar-refractivity contribution < 1.29 is 4.42 Å². The third-order valence-corrected chi connectivity index (χ3v) is 9.39. The summed E-state index contributed by atoms with van der Waals surface area (Å²) >= 11 is 0. The van der Waals surface area contributed by atoms with Gasteiger partial charge in [0.05, 0.1) is 22.2 Å². The first-order valence-electron chi connectivity index (χ1n) is 16.3. The molecule has 0 aliphatic rings. The van der Waals surface area contributed by atoms with Gasteiger partial charge < -0.3 is 4.42 Å². The van der Waals surface area contributed by atoms with Crippen molar-refractivity contribution in [1.82, 2.24) is 19.9 Å². The lowest BCUT2D eigenvalue weighted by Gasteiger charge is -2.12. The minimum absolute atomic E-state index is 0.874. The lowest BCUT2D eigenvalue weighted by atomic mass is 9.94. The number of hydrogen-bond acceptors (Lipinski definition) is 5. The Hall–Kier alpha value is -6.72. The van der Waals surface area contributed by atoms with Gasteiger partial charge in [-0.2, -0.15) is 0 Å². The molecule has 0 aliphatic carbocycles. The van der Waals surface area contributed by atoms with Crippen LogP contribution in [-0.4, -0.2) is 19.9 Å². The third-order valence-electron chi connectivity index (χ3n) is 9.39. The Morgan fingerprint density at radius 1 is 0.408 bits per heavy atom. The van der Waals surface area contributed by atoms with Crippen molar-refractivity contribution in [3.05, 3.63) is 158 Å². The average Bonchev–Trinajstić information content (AvgIpc) is 3.56. The molecule has 0 radical (unpaired) electrons. The van der Waals surface area contributed by atoms with E-state index in [-0.39, 0.29) is 0 Å². The summed E-state index contributed by atoms with van der Waals surface area (Å²) in [6.45, 7) is 0. The van der Waals surface area contributed by atoms with E-state index in [2.05, 4.69) is 102 Å². The van der Waals surface area contributed by atoms with E-state index in [9.17, 15) is 0 Å². The van der Waals surface area contributed by atoms with Crippen molar-refractivity contribution in [2.45, 2.75) is 0 Å². The molecule has 0 N–H and O–H groups in total. The number of fused-ring (bicyclic) bond motifs is 7. The Kier molecular flexibility index (Phi) is 6.11. The molecule has 0 saturated carbocycles. The number of benzene rings is 5. The second-order valence-electron chi connectivity index (χ2n) is 12.4. The second kappa shape index (κ2) is 10.9. The van der Waals surface area contributed by atoms with Gasteiger partial charge in [0.15, 0.2) is 0 Å². The van der Waals surface area contributed by atoms with Crippen molar-refractivity contribution in [1.29, 1.82) is 0 Å². The van der Waals surface area contributed by atoms with Gasteiger partial charge in [-0.15, -0.1) is 0 Å². The van der Waals surface area contributed by atoms with Crippen molar-refractivity contribution in [2.24, 2.45) is 0 Å². The maximum absolute atomic E-state index is 6.47. The smallest absolute Gasteiger partial charge is 0.143 e. The average molecular weight is 627 g/mol. The molecule has 5 heteroatoms. The summed E-state index contributed by atoms with van der Waals surface area (Å²) in [5.41, 5.74) is 12.6. The quantitative estimate of drug-likeness (QED) is 0.182. The molecule has 5 aromatic heterocycles. The predicted octanol–water partition coefficient (Wildman–Crippen LogP) is 11.3. The molecule has 0 saturated heterocycles. The first kappa shape index (κ1) is 27.4. The van der Waals surface area contributed by atoms with Gasteiger partial charge in [0.2, 0.25) is 0 Å². The van der Waals surface area contributed by atoms with E-state index in [1.807, 2.05) is 61.2 Å². The van der Waals surface area contributed by atoms with Crippen LogP contribution in [0.25, 0.3) is 99.3 Å². The van der Waals surface area contributed by atoms with Crippen LogP contribution in [0.3, 0.4) is 0 Å². The maximum atomic E-state index is 6.47. The van der Waals surface area contributed by atoms with E-state index in [0.717, 1.165) is 99.3 Å². The highest BCUT2D eigenvalue weighted by molar-refractivity contribution is 6.10. The monoisotopic (exact) mass is 626 g/mol. The number of pyridine rings is 4. The number of furan rings is 1. The second-order valence-corrected chi connectivity index (χ2v) is 12.4. The van der Waals surface area contributed by atoms with Crippen LogP contribution < -0.4 is 0 Å². The molecular weight excluding hydrogens is 601 g/mol. The molecule has 0 bridgehead atoms. The Morgan fingerprint density at radius 2 is 1.14 bits per heavy atom. The molecule has 49 heavy (non-hydrogen) atoms. The molecule has 228 valence electrons. The molecule has 10 aromatic rings. The molecule has 5 aromatic carbocycles. The van der Waals surface area contributed by atoms with Crippen molar-refractivity contribution in [3.8, 4) is 44.6 Å². The van der Waals surface area contributed by atoms with Crippen molar-refractivity contribution in [2.75, 3.05) is 0 Å². The van der Waals surface area contributed by atoms with Crippen LogP contribution >= 0.6 is 0 Å². The summed E-state index contributed by atoms with van der Waals surface area (Å²) in [6, 6.07) is 46.2. The van der Waals surface area contributed by atoms with Gasteiger partial charge in [0.25, 0.3) is 0 Å². The topological polar surface area (TPSA) is 64.7 Å². The molecule has 5 nitrogen and oxygen atoms in total. The van der Waals surface area contributed by atoms with Gasteiger partial charge in [-0.1, -0.05) is 78.9 Å². The maximum Gasteiger partial charge on any atom is 0.143 e. The fourth-order valence-corrected chi connectivity index (χ4v) is 6.93. The van der Waals surface area contributed by atoms with Gasteiger partial charge in [0.1, 0.15) is 11.2 Å². The highest BCUT2D eigenvalue weighted by atomic mass is 16.3. The van der Waals surface area contributed by atoms with Gasteiger partial charge in [-0.3, -0.25) is 19.9 Å². The first-order chi connectivity index (χ1) is 24.2. The van der Waals surface area contributed by atoms with Crippen molar-refractivity contribution in [3.63, 3.8) is 0 Å². The van der Waals surface area contributed by atoms with Crippen LogP contribution in [0.1, 0.15) is 0 Å². The molecule has 0 unspecified atom stereocenters. The number of rotatable bonds is 4. The Morgan fingerprint density at radius 3 is 2.10 bits per heavy atom. The lowest BCUT2D eigenvalue weighted by molar-refractivity contribution is 0.670. The highest BCUT2D eigenvalue weighted by Gasteiger charge is 2.15. The summed E-state index contributed by atoms with van der Waals surface area (Å²) in [5, 5.41) is 5.44. The molecule has 0 fully saturated rings.